The largest absolute Gasteiger partial charge is 0.383 e. The summed E-state index contributed by atoms with van der Waals surface area (Å²) in [5, 5.41) is -0.299. The van der Waals surface area contributed by atoms with E-state index >= 15 is 0 Å². The summed E-state index contributed by atoms with van der Waals surface area (Å²) < 4.78 is 6.69. The predicted octanol–water partition coefficient (Wildman–Crippen LogP) is 3.06. The molecule has 0 radical (unpaired) electrons. The van der Waals surface area contributed by atoms with E-state index in [1.807, 2.05) is 6.92 Å². The lowest BCUT2D eigenvalue weighted by Crippen LogP contribution is -2.28. The summed E-state index contributed by atoms with van der Waals surface area (Å²) in [6.07, 6.45) is 4.68. The average molecular weight is 365 g/mol. The van der Waals surface area contributed by atoms with Crippen molar-refractivity contribution in [1.82, 2.24) is 9.80 Å². The van der Waals surface area contributed by atoms with E-state index in [0.29, 0.717) is 4.32 Å². The van der Waals surface area contributed by atoms with Crippen molar-refractivity contribution in [1.29, 1.82) is 0 Å². The van der Waals surface area contributed by atoms with Gasteiger partial charge in [0.15, 0.2) is 4.32 Å². The molecule has 0 N–H and O–H groups in total. The van der Waals surface area contributed by atoms with Gasteiger partial charge in [-0.05, 0) is 44.8 Å². The van der Waals surface area contributed by atoms with E-state index in [1.54, 1.807) is 0 Å². The Hall–Kier alpha value is -0.0500. The number of thioether (sulfide) groups is 1. The zero-order valence-electron chi connectivity index (χ0n) is 12.1. The smallest absolute Gasteiger partial charge is 0.331 e. The molecule has 2 aliphatic rings. The van der Waals surface area contributed by atoms with Crippen molar-refractivity contribution in [2.75, 3.05) is 26.2 Å². The summed E-state index contributed by atoms with van der Waals surface area (Å²) in [4.78, 5) is 16.2. The van der Waals surface area contributed by atoms with Crippen molar-refractivity contribution in [2.24, 2.45) is 0 Å². The van der Waals surface area contributed by atoms with Gasteiger partial charge in [-0.15, -0.1) is 0 Å². The summed E-state index contributed by atoms with van der Waals surface area (Å²) in [5.74, 6) is -0.270. The first-order chi connectivity index (χ1) is 10.1. The van der Waals surface area contributed by atoms with Crippen LogP contribution in [0.3, 0.4) is 0 Å². The first-order valence-electron chi connectivity index (χ1n) is 7.21. The lowest BCUT2D eigenvalue weighted by atomic mass is 10.4. The minimum Gasteiger partial charge on any atom is -0.383 e. The molecule has 0 saturated carbocycles. The Bertz CT molecular complexity index is 407. The second-order valence-electron chi connectivity index (χ2n) is 5.17. The third-order valence-corrected chi connectivity index (χ3v) is 6.20. The Labute approximate surface area is 145 Å². The number of hydrogen-bond donors (Lipinski definition) is 0. The standard InChI is InChI=1S/C13H20N2O2S4/c1-10(20-12(18)14-6-2-3-7-14)11(16)17-21-13(19)15-8-4-5-9-15/h10H,2-9H2,1H3. The highest BCUT2D eigenvalue weighted by Gasteiger charge is 2.24. The number of carbonyl (C=O) groups is 1. The number of thiocarbonyl (C=S) groups is 2. The van der Waals surface area contributed by atoms with E-state index in [-0.39, 0.29) is 11.2 Å². The molecule has 21 heavy (non-hydrogen) atoms. The molecule has 0 spiro atoms. The number of rotatable bonds is 2. The maximum atomic E-state index is 12.0. The fraction of sp³-hybridized carbons (Fsp3) is 0.769. The van der Waals surface area contributed by atoms with Crippen LogP contribution < -0.4 is 0 Å². The van der Waals surface area contributed by atoms with Crippen molar-refractivity contribution in [2.45, 2.75) is 37.9 Å². The highest BCUT2D eigenvalue weighted by atomic mass is 32.2. The van der Waals surface area contributed by atoms with Crippen LogP contribution in [0.25, 0.3) is 0 Å². The zero-order chi connectivity index (χ0) is 15.2. The molecular weight excluding hydrogens is 344 g/mol. The Morgan fingerprint density at radius 2 is 1.48 bits per heavy atom. The number of nitrogens with zero attached hydrogens (tertiary/aromatic N) is 2. The van der Waals surface area contributed by atoms with E-state index in [2.05, 4.69) is 9.80 Å². The molecule has 0 amide bonds. The van der Waals surface area contributed by atoms with Gasteiger partial charge in [-0.2, -0.15) is 0 Å². The molecule has 2 aliphatic heterocycles. The molecule has 2 saturated heterocycles. The first-order valence-corrected chi connectivity index (χ1v) is 9.64. The van der Waals surface area contributed by atoms with E-state index in [9.17, 15) is 4.79 Å². The Morgan fingerprint density at radius 1 is 1.00 bits per heavy atom. The van der Waals surface area contributed by atoms with Gasteiger partial charge in [-0.1, -0.05) is 24.0 Å². The van der Waals surface area contributed by atoms with Gasteiger partial charge in [0.25, 0.3) is 0 Å². The van der Waals surface area contributed by atoms with E-state index in [0.717, 1.165) is 55.4 Å². The van der Waals surface area contributed by atoms with Gasteiger partial charge in [0.1, 0.15) is 21.6 Å². The van der Waals surface area contributed by atoms with Gasteiger partial charge in [-0.3, -0.25) is 0 Å². The fourth-order valence-corrected chi connectivity index (χ4v) is 4.60. The summed E-state index contributed by atoms with van der Waals surface area (Å²) in [7, 11) is 0. The molecule has 0 aliphatic carbocycles. The van der Waals surface area contributed by atoms with Crippen molar-refractivity contribution in [3.8, 4) is 0 Å². The van der Waals surface area contributed by atoms with Gasteiger partial charge in [0.05, 0.1) is 0 Å². The Kier molecular flexibility index (Phi) is 7.04. The molecule has 0 aromatic rings. The third kappa shape index (κ3) is 5.26. The van der Waals surface area contributed by atoms with Crippen LogP contribution in [0, 0.1) is 0 Å². The van der Waals surface area contributed by atoms with Crippen LogP contribution in [-0.4, -0.2) is 55.8 Å². The molecule has 0 aromatic heterocycles. The zero-order valence-corrected chi connectivity index (χ0v) is 15.3. The maximum absolute atomic E-state index is 12.0. The lowest BCUT2D eigenvalue weighted by molar-refractivity contribution is -0.132. The van der Waals surface area contributed by atoms with Crippen LogP contribution >= 0.6 is 48.2 Å². The summed E-state index contributed by atoms with van der Waals surface area (Å²) in [6.45, 7) is 5.76. The molecule has 2 rings (SSSR count). The molecule has 2 fully saturated rings. The molecule has 4 nitrogen and oxygen atoms in total. The second kappa shape index (κ2) is 8.55. The highest BCUT2D eigenvalue weighted by Crippen LogP contribution is 2.23. The number of hydrogen-bond acceptors (Lipinski definition) is 6. The van der Waals surface area contributed by atoms with Gasteiger partial charge in [-0.25, -0.2) is 4.79 Å². The predicted molar refractivity (Wildman–Crippen MR) is 97.5 cm³/mol. The van der Waals surface area contributed by atoms with Crippen LogP contribution in [0.1, 0.15) is 32.6 Å². The quantitative estimate of drug-likeness (QED) is 0.546. The van der Waals surface area contributed by atoms with Crippen LogP contribution in [0.5, 0.6) is 0 Å². The van der Waals surface area contributed by atoms with Crippen LogP contribution in [0.4, 0.5) is 0 Å². The monoisotopic (exact) mass is 364 g/mol. The minimum atomic E-state index is -0.299. The van der Waals surface area contributed by atoms with Crippen molar-refractivity contribution in [3.05, 3.63) is 0 Å². The molecule has 0 aromatic carbocycles. The topological polar surface area (TPSA) is 32.8 Å². The first kappa shape index (κ1) is 17.3. The summed E-state index contributed by atoms with van der Waals surface area (Å²) in [5.41, 5.74) is 0. The fourth-order valence-electron chi connectivity index (χ4n) is 2.27. The number of carbonyl (C=O) groups excluding carboxylic acids is 1. The normalized spacial score (nSPS) is 19.7. The third-order valence-electron chi connectivity index (χ3n) is 3.53. The summed E-state index contributed by atoms with van der Waals surface area (Å²) in [6, 6.07) is 0. The molecule has 0 bridgehead atoms. The Morgan fingerprint density at radius 3 is 2.00 bits per heavy atom. The number of likely N-dealkylation sites (tertiary alicyclic amines) is 2. The summed E-state index contributed by atoms with van der Waals surface area (Å²) >= 11 is 13.0. The van der Waals surface area contributed by atoms with Gasteiger partial charge in [0, 0.05) is 26.2 Å². The molecule has 2 heterocycles. The van der Waals surface area contributed by atoms with Crippen LogP contribution in [0.2, 0.25) is 0 Å². The maximum Gasteiger partial charge on any atom is 0.331 e. The second-order valence-corrected chi connectivity index (χ2v) is 8.51. The molecule has 8 heteroatoms. The minimum absolute atomic E-state index is 0.270. The van der Waals surface area contributed by atoms with Crippen molar-refractivity contribution < 1.29 is 8.98 Å². The highest BCUT2D eigenvalue weighted by molar-refractivity contribution is 8.23. The molecule has 118 valence electrons. The average Bonchev–Trinajstić information content (AvgIpc) is 3.15. The molecular formula is C13H20N2O2S4. The van der Waals surface area contributed by atoms with E-state index in [1.165, 1.54) is 24.6 Å². The van der Waals surface area contributed by atoms with Crippen molar-refractivity contribution >= 4 is 62.9 Å². The molecule has 1 atom stereocenters. The van der Waals surface area contributed by atoms with Crippen molar-refractivity contribution in [3.63, 3.8) is 0 Å². The van der Waals surface area contributed by atoms with Gasteiger partial charge < -0.3 is 14.0 Å². The van der Waals surface area contributed by atoms with Crippen LogP contribution in [0.15, 0.2) is 0 Å². The van der Waals surface area contributed by atoms with Gasteiger partial charge >= 0.3 is 5.97 Å². The van der Waals surface area contributed by atoms with Crippen LogP contribution in [-0.2, 0) is 8.98 Å². The molecule has 1 unspecified atom stereocenters. The Balaban J connectivity index is 1.69. The lowest BCUT2D eigenvalue weighted by Gasteiger charge is -2.20. The van der Waals surface area contributed by atoms with E-state index < -0.39 is 0 Å². The SMILES string of the molecule is CC(SC(=S)N1CCCC1)C(=O)OSC(=S)N1CCCC1. The van der Waals surface area contributed by atoms with E-state index in [4.69, 9.17) is 28.6 Å². The van der Waals surface area contributed by atoms with Gasteiger partial charge in [0.2, 0.25) is 0 Å².